The van der Waals surface area contributed by atoms with E-state index in [1.165, 1.54) is 0 Å². The Morgan fingerprint density at radius 3 is 2.30 bits per heavy atom. The Kier molecular flexibility index (Phi) is 5.37. The smallest absolute Gasteiger partial charge is 0.306 e. The molecule has 1 aliphatic heterocycles. The van der Waals surface area contributed by atoms with Crippen LogP contribution in [0.3, 0.4) is 0 Å². The monoisotopic (exact) mass is 284 g/mol. The van der Waals surface area contributed by atoms with E-state index < -0.39 is 5.97 Å². The molecule has 1 amide bonds. The molecule has 20 heavy (non-hydrogen) atoms. The molecule has 1 heterocycles. The van der Waals surface area contributed by atoms with Crippen molar-refractivity contribution in [2.24, 2.45) is 11.8 Å². The molecule has 1 saturated carbocycles. The minimum Gasteiger partial charge on any atom is -0.481 e. The van der Waals surface area contributed by atoms with E-state index >= 15 is 0 Å². The summed E-state index contributed by atoms with van der Waals surface area (Å²) in [5.41, 5.74) is 0. The first kappa shape index (κ1) is 15.3. The molecule has 0 aromatic heterocycles. The van der Waals surface area contributed by atoms with Gasteiger partial charge >= 0.3 is 5.97 Å². The number of carboxylic acid groups (broad SMARTS) is 1. The summed E-state index contributed by atoms with van der Waals surface area (Å²) in [5, 5.41) is 18.0. The lowest BCUT2D eigenvalue weighted by molar-refractivity contribution is -0.146. The Labute approximate surface area is 119 Å². The molecule has 2 rings (SSSR count). The third-order valence-corrected chi connectivity index (χ3v) is 4.47. The maximum Gasteiger partial charge on any atom is 0.306 e. The van der Waals surface area contributed by atoms with Crippen molar-refractivity contribution in [1.29, 1.82) is 0 Å². The molecular weight excluding hydrogens is 260 g/mol. The fourth-order valence-corrected chi connectivity index (χ4v) is 3.23. The molecule has 0 bridgehead atoms. The van der Waals surface area contributed by atoms with E-state index in [0.29, 0.717) is 32.5 Å². The summed E-state index contributed by atoms with van der Waals surface area (Å²) in [4.78, 5) is 27.5. The minimum absolute atomic E-state index is 0.116. The molecule has 2 N–H and O–H groups in total. The lowest BCUT2D eigenvalue weighted by Crippen LogP contribution is -2.51. The molecule has 2 unspecified atom stereocenters. The second kappa shape index (κ2) is 7.04. The molecular formula is C14H24N2O4. The number of aliphatic carboxylic acids is 1. The van der Waals surface area contributed by atoms with E-state index in [4.69, 9.17) is 10.2 Å². The Bertz CT molecular complexity index is 353. The van der Waals surface area contributed by atoms with Gasteiger partial charge in [0.05, 0.1) is 12.5 Å². The zero-order chi connectivity index (χ0) is 14.5. The summed E-state index contributed by atoms with van der Waals surface area (Å²) in [6.45, 7) is 3.77. The summed E-state index contributed by atoms with van der Waals surface area (Å²) >= 11 is 0. The van der Waals surface area contributed by atoms with Crippen molar-refractivity contribution in [2.45, 2.75) is 25.7 Å². The van der Waals surface area contributed by atoms with Crippen LogP contribution in [0.4, 0.5) is 0 Å². The normalized spacial score (nSPS) is 28.4. The third-order valence-electron chi connectivity index (χ3n) is 4.47. The Morgan fingerprint density at radius 1 is 1.05 bits per heavy atom. The number of amides is 1. The van der Waals surface area contributed by atoms with Crippen molar-refractivity contribution in [3.05, 3.63) is 0 Å². The van der Waals surface area contributed by atoms with Gasteiger partial charge in [-0.3, -0.25) is 14.5 Å². The molecule has 6 nitrogen and oxygen atoms in total. The first-order valence-electron chi connectivity index (χ1n) is 7.46. The van der Waals surface area contributed by atoms with Crippen molar-refractivity contribution in [3.63, 3.8) is 0 Å². The topological polar surface area (TPSA) is 81.1 Å². The van der Waals surface area contributed by atoms with Crippen molar-refractivity contribution in [1.82, 2.24) is 9.80 Å². The van der Waals surface area contributed by atoms with E-state index in [1.54, 1.807) is 0 Å². The Morgan fingerprint density at radius 2 is 1.70 bits per heavy atom. The molecule has 2 atom stereocenters. The predicted octanol–water partition coefficient (Wildman–Crippen LogP) is 0.0139. The number of piperazine rings is 1. The van der Waals surface area contributed by atoms with Gasteiger partial charge in [-0.25, -0.2) is 0 Å². The highest BCUT2D eigenvalue weighted by Gasteiger charge is 2.34. The quantitative estimate of drug-likeness (QED) is 0.760. The zero-order valence-corrected chi connectivity index (χ0v) is 11.8. The number of hydrogen-bond donors (Lipinski definition) is 2. The number of carbonyl (C=O) groups excluding carboxylic acids is 1. The molecule has 6 heteroatoms. The largest absolute Gasteiger partial charge is 0.481 e. The van der Waals surface area contributed by atoms with Gasteiger partial charge in [0.1, 0.15) is 0 Å². The van der Waals surface area contributed by atoms with Crippen molar-refractivity contribution in [3.8, 4) is 0 Å². The van der Waals surface area contributed by atoms with Crippen LogP contribution >= 0.6 is 0 Å². The molecule has 1 saturated heterocycles. The van der Waals surface area contributed by atoms with E-state index in [1.807, 2.05) is 4.90 Å². The number of carbonyl (C=O) groups is 2. The number of hydrogen-bond acceptors (Lipinski definition) is 4. The van der Waals surface area contributed by atoms with Crippen molar-refractivity contribution >= 4 is 11.9 Å². The second-order valence-electron chi connectivity index (χ2n) is 5.79. The second-order valence-corrected chi connectivity index (χ2v) is 5.79. The first-order chi connectivity index (χ1) is 9.61. The molecule has 2 fully saturated rings. The van der Waals surface area contributed by atoms with Gasteiger partial charge in [-0.1, -0.05) is 6.42 Å². The Balaban J connectivity index is 1.84. The average molecular weight is 284 g/mol. The van der Waals surface area contributed by atoms with Gasteiger partial charge in [-0.15, -0.1) is 0 Å². The maximum atomic E-state index is 12.5. The van der Waals surface area contributed by atoms with Gasteiger partial charge in [0.15, 0.2) is 0 Å². The van der Waals surface area contributed by atoms with Gasteiger partial charge in [0.2, 0.25) is 5.91 Å². The fraction of sp³-hybridized carbons (Fsp3) is 0.857. The lowest BCUT2D eigenvalue weighted by atomic mass is 9.80. The summed E-state index contributed by atoms with van der Waals surface area (Å²) in [7, 11) is 0. The van der Waals surface area contributed by atoms with Crippen molar-refractivity contribution in [2.75, 3.05) is 39.3 Å². The van der Waals surface area contributed by atoms with Crippen LogP contribution in [0.2, 0.25) is 0 Å². The van der Waals surface area contributed by atoms with E-state index in [0.717, 1.165) is 25.9 Å². The number of carboxylic acids is 1. The van der Waals surface area contributed by atoms with Crippen molar-refractivity contribution < 1.29 is 19.8 Å². The maximum absolute atomic E-state index is 12.5. The fourth-order valence-electron chi connectivity index (χ4n) is 3.23. The third kappa shape index (κ3) is 3.70. The van der Waals surface area contributed by atoms with E-state index in [-0.39, 0.29) is 24.3 Å². The van der Waals surface area contributed by atoms with Crippen LogP contribution in [-0.4, -0.2) is 71.2 Å². The summed E-state index contributed by atoms with van der Waals surface area (Å²) < 4.78 is 0. The lowest BCUT2D eigenvalue weighted by Gasteiger charge is -2.37. The number of rotatable bonds is 4. The predicted molar refractivity (Wildman–Crippen MR) is 73.2 cm³/mol. The first-order valence-corrected chi connectivity index (χ1v) is 7.46. The molecule has 0 aromatic rings. The van der Waals surface area contributed by atoms with E-state index in [9.17, 15) is 9.59 Å². The Hall–Kier alpha value is -1.14. The highest BCUT2D eigenvalue weighted by molar-refractivity contribution is 5.80. The van der Waals surface area contributed by atoms with Gasteiger partial charge in [-0.2, -0.15) is 0 Å². The molecule has 0 spiro atoms. The number of nitrogens with zero attached hydrogens (tertiary/aromatic N) is 2. The van der Waals surface area contributed by atoms with Crippen LogP contribution in [0.15, 0.2) is 0 Å². The molecule has 0 radical (unpaired) electrons. The van der Waals surface area contributed by atoms with Gasteiger partial charge < -0.3 is 15.1 Å². The van der Waals surface area contributed by atoms with Crippen LogP contribution in [0.25, 0.3) is 0 Å². The summed E-state index contributed by atoms with van der Waals surface area (Å²) in [6.07, 6.45) is 2.84. The van der Waals surface area contributed by atoms with Crippen LogP contribution in [0.5, 0.6) is 0 Å². The van der Waals surface area contributed by atoms with Gasteiger partial charge in [0, 0.05) is 38.6 Å². The highest BCUT2D eigenvalue weighted by Crippen LogP contribution is 2.30. The summed E-state index contributed by atoms with van der Waals surface area (Å²) in [5.74, 6) is -1.11. The summed E-state index contributed by atoms with van der Waals surface area (Å²) in [6, 6.07) is 0. The van der Waals surface area contributed by atoms with Crippen LogP contribution < -0.4 is 0 Å². The number of aliphatic hydroxyl groups excluding tert-OH is 1. The SMILES string of the molecule is O=C(O)C1CCCC(C(=O)N2CCN(CCO)CC2)C1. The zero-order valence-electron chi connectivity index (χ0n) is 11.8. The number of aliphatic hydroxyl groups is 1. The average Bonchev–Trinajstić information content (AvgIpc) is 2.48. The van der Waals surface area contributed by atoms with Gasteiger partial charge in [-0.05, 0) is 19.3 Å². The molecule has 114 valence electrons. The van der Waals surface area contributed by atoms with Crippen LogP contribution in [0.1, 0.15) is 25.7 Å². The highest BCUT2D eigenvalue weighted by atomic mass is 16.4. The van der Waals surface area contributed by atoms with E-state index in [2.05, 4.69) is 4.90 Å². The molecule has 2 aliphatic rings. The van der Waals surface area contributed by atoms with Gasteiger partial charge in [0.25, 0.3) is 0 Å². The molecule has 0 aromatic carbocycles. The molecule has 1 aliphatic carbocycles. The standard InChI is InChI=1S/C14H24N2O4/c17-9-8-15-4-6-16(7-5-15)13(18)11-2-1-3-12(10-11)14(19)20/h11-12,17H,1-10H2,(H,19,20). The van der Waals surface area contributed by atoms with Crippen LogP contribution in [-0.2, 0) is 9.59 Å². The minimum atomic E-state index is -0.768. The van der Waals surface area contributed by atoms with Crippen LogP contribution in [0, 0.1) is 11.8 Å². The number of β-amino-alcohol motifs (C(OH)–C–C–N with tert-alkyl or cyclic N) is 1.